The van der Waals surface area contributed by atoms with Gasteiger partial charge in [-0.05, 0) is 6.42 Å². The van der Waals surface area contributed by atoms with E-state index in [1.807, 2.05) is 0 Å². The van der Waals surface area contributed by atoms with Crippen LogP contribution in [0.4, 0.5) is 0 Å². The molecule has 2 aliphatic rings. The van der Waals surface area contributed by atoms with Crippen LogP contribution >= 0.6 is 0 Å². The fourth-order valence-corrected chi connectivity index (χ4v) is 1.86. The topological polar surface area (TPSA) is 24.5 Å². The highest BCUT2D eigenvalue weighted by Crippen LogP contribution is 2.12. The zero-order valence-corrected chi connectivity index (χ0v) is 6.88. The van der Waals surface area contributed by atoms with Crippen LogP contribution in [0.3, 0.4) is 0 Å². The smallest absolute Gasteiger partial charge is 0.0622 e. The number of piperazine rings is 1. The number of rotatable bonds is 1. The van der Waals surface area contributed by atoms with E-state index >= 15 is 0 Å². The van der Waals surface area contributed by atoms with Crippen LogP contribution in [-0.2, 0) is 4.74 Å². The van der Waals surface area contributed by atoms with E-state index in [4.69, 9.17) is 4.74 Å². The minimum Gasteiger partial charge on any atom is -0.380 e. The highest BCUT2D eigenvalue weighted by atomic mass is 16.5. The Morgan fingerprint density at radius 1 is 1.27 bits per heavy atom. The molecule has 1 N–H and O–H groups in total. The van der Waals surface area contributed by atoms with Crippen LogP contribution in [0, 0.1) is 0 Å². The van der Waals surface area contributed by atoms with Crippen molar-refractivity contribution in [1.82, 2.24) is 10.2 Å². The normalized spacial score (nSPS) is 34.4. The summed E-state index contributed by atoms with van der Waals surface area (Å²) < 4.78 is 5.35. The van der Waals surface area contributed by atoms with Crippen LogP contribution in [0.1, 0.15) is 6.42 Å². The summed E-state index contributed by atoms with van der Waals surface area (Å²) in [5.74, 6) is 0. The van der Waals surface area contributed by atoms with Crippen LogP contribution in [0.25, 0.3) is 0 Å². The minimum atomic E-state index is 0.720. The second kappa shape index (κ2) is 3.52. The molecule has 3 nitrogen and oxygen atoms in total. The molecule has 1 unspecified atom stereocenters. The standard InChI is InChI=1S/C8H16N2O/c1-6-11-7-8(1)10-4-2-9-3-5-10/h8-9H,1-7H2. The van der Waals surface area contributed by atoms with Crippen molar-refractivity contribution in [3.05, 3.63) is 0 Å². The van der Waals surface area contributed by atoms with Crippen LogP contribution in [0.2, 0.25) is 0 Å². The van der Waals surface area contributed by atoms with Crippen molar-refractivity contribution in [3.8, 4) is 0 Å². The lowest BCUT2D eigenvalue weighted by molar-refractivity contribution is 0.133. The second-order valence-electron chi connectivity index (χ2n) is 3.30. The van der Waals surface area contributed by atoms with Crippen LogP contribution in [0.5, 0.6) is 0 Å². The molecule has 0 aromatic rings. The van der Waals surface area contributed by atoms with E-state index in [2.05, 4.69) is 10.2 Å². The zero-order valence-electron chi connectivity index (χ0n) is 6.88. The third kappa shape index (κ3) is 1.72. The summed E-state index contributed by atoms with van der Waals surface area (Å²) >= 11 is 0. The first kappa shape index (κ1) is 7.53. The second-order valence-corrected chi connectivity index (χ2v) is 3.30. The fourth-order valence-electron chi connectivity index (χ4n) is 1.86. The first-order valence-electron chi connectivity index (χ1n) is 4.49. The number of ether oxygens (including phenoxy) is 1. The largest absolute Gasteiger partial charge is 0.380 e. The van der Waals surface area contributed by atoms with Gasteiger partial charge < -0.3 is 10.1 Å². The number of hydrogen-bond acceptors (Lipinski definition) is 3. The van der Waals surface area contributed by atoms with Gasteiger partial charge in [-0.3, -0.25) is 4.90 Å². The molecule has 2 rings (SSSR count). The van der Waals surface area contributed by atoms with Crippen LogP contribution in [0.15, 0.2) is 0 Å². The summed E-state index contributed by atoms with van der Waals surface area (Å²) in [6, 6.07) is 0.720. The number of nitrogens with zero attached hydrogens (tertiary/aromatic N) is 1. The third-order valence-electron chi connectivity index (χ3n) is 2.57. The Hall–Kier alpha value is -0.120. The van der Waals surface area contributed by atoms with Gasteiger partial charge in [0, 0.05) is 38.8 Å². The molecule has 2 heterocycles. The predicted molar refractivity (Wildman–Crippen MR) is 43.7 cm³/mol. The van der Waals surface area contributed by atoms with Crippen LogP contribution < -0.4 is 5.32 Å². The van der Waals surface area contributed by atoms with Crippen molar-refractivity contribution in [2.45, 2.75) is 12.5 Å². The highest BCUT2D eigenvalue weighted by molar-refractivity contribution is 4.79. The lowest BCUT2D eigenvalue weighted by atomic mass is 10.2. The predicted octanol–water partition coefficient (Wildman–Crippen LogP) is -0.319. The SMILES string of the molecule is C1CN(C2CCOC2)CCN1. The van der Waals surface area contributed by atoms with E-state index in [0.29, 0.717) is 0 Å². The quantitative estimate of drug-likeness (QED) is 0.563. The molecule has 11 heavy (non-hydrogen) atoms. The minimum absolute atomic E-state index is 0.720. The van der Waals surface area contributed by atoms with E-state index in [1.54, 1.807) is 0 Å². The maximum atomic E-state index is 5.35. The molecule has 2 aliphatic heterocycles. The molecule has 0 radical (unpaired) electrons. The molecule has 1 atom stereocenters. The molecule has 2 fully saturated rings. The third-order valence-corrected chi connectivity index (χ3v) is 2.57. The van der Waals surface area contributed by atoms with Crippen molar-refractivity contribution in [3.63, 3.8) is 0 Å². The average molecular weight is 156 g/mol. The van der Waals surface area contributed by atoms with E-state index in [-0.39, 0.29) is 0 Å². The maximum absolute atomic E-state index is 5.35. The average Bonchev–Trinajstić information content (AvgIpc) is 2.58. The highest BCUT2D eigenvalue weighted by Gasteiger charge is 2.23. The summed E-state index contributed by atoms with van der Waals surface area (Å²) in [5, 5.41) is 3.36. The summed E-state index contributed by atoms with van der Waals surface area (Å²) in [4.78, 5) is 2.55. The van der Waals surface area contributed by atoms with Gasteiger partial charge >= 0.3 is 0 Å². The monoisotopic (exact) mass is 156 g/mol. The molecule has 0 bridgehead atoms. The van der Waals surface area contributed by atoms with Gasteiger partial charge in [-0.15, -0.1) is 0 Å². The van der Waals surface area contributed by atoms with Crippen molar-refractivity contribution < 1.29 is 4.74 Å². The molecule has 64 valence electrons. The Morgan fingerprint density at radius 3 is 2.73 bits per heavy atom. The maximum Gasteiger partial charge on any atom is 0.0622 e. The summed E-state index contributed by atoms with van der Waals surface area (Å²) in [7, 11) is 0. The number of nitrogens with one attached hydrogen (secondary N) is 1. The van der Waals surface area contributed by atoms with E-state index in [9.17, 15) is 0 Å². The summed E-state index contributed by atoms with van der Waals surface area (Å²) in [5.41, 5.74) is 0. The molecular formula is C8H16N2O. The molecule has 0 aromatic heterocycles. The van der Waals surface area contributed by atoms with Crippen molar-refractivity contribution in [2.75, 3.05) is 39.4 Å². The Labute approximate surface area is 67.7 Å². The Kier molecular flexibility index (Phi) is 2.41. The molecule has 2 saturated heterocycles. The molecular weight excluding hydrogens is 140 g/mol. The molecule has 0 aliphatic carbocycles. The van der Waals surface area contributed by atoms with Gasteiger partial charge in [0.1, 0.15) is 0 Å². The first-order chi connectivity index (χ1) is 5.47. The first-order valence-corrected chi connectivity index (χ1v) is 4.49. The van der Waals surface area contributed by atoms with E-state index < -0.39 is 0 Å². The van der Waals surface area contributed by atoms with Crippen molar-refractivity contribution >= 4 is 0 Å². The lowest BCUT2D eigenvalue weighted by Crippen LogP contribution is -2.48. The fraction of sp³-hybridized carbons (Fsp3) is 1.00. The Morgan fingerprint density at radius 2 is 2.09 bits per heavy atom. The van der Waals surface area contributed by atoms with Gasteiger partial charge in [0.05, 0.1) is 6.61 Å². The van der Waals surface area contributed by atoms with E-state index in [0.717, 1.165) is 32.3 Å². The number of hydrogen-bond donors (Lipinski definition) is 1. The van der Waals surface area contributed by atoms with Crippen molar-refractivity contribution in [2.24, 2.45) is 0 Å². The molecule has 3 heteroatoms. The van der Waals surface area contributed by atoms with Gasteiger partial charge in [0.2, 0.25) is 0 Å². The lowest BCUT2D eigenvalue weighted by Gasteiger charge is -2.31. The van der Waals surface area contributed by atoms with Gasteiger partial charge in [-0.25, -0.2) is 0 Å². The Bertz CT molecular complexity index is 117. The molecule has 0 amide bonds. The zero-order chi connectivity index (χ0) is 7.52. The van der Waals surface area contributed by atoms with Gasteiger partial charge in [-0.2, -0.15) is 0 Å². The van der Waals surface area contributed by atoms with Crippen LogP contribution in [-0.4, -0.2) is 50.3 Å². The molecule has 0 saturated carbocycles. The van der Waals surface area contributed by atoms with Gasteiger partial charge in [-0.1, -0.05) is 0 Å². The summed E-state index contributed by atoms with van der Waals surface area (Å²) in [6.07, 6.45) is 1.24. The molecule has 0 spiro atoms. The molecule has 0 aromatic carbocycles. The van der Waals surface area contributed by atoms with Gasteiger partial charge in [0.15, 0.2) is 0 Å². The Balaban J connectivity index is 1.82. The van der Waals surface area contributed by atoms with Gasteiger partial charge in [0.25, 0.3) is 0 Å². The summed E-state index contributed by atoms with van der Waals surface area (Å²) in [6.45, 7) is 6.63. The van der Waals surface area contributed by atoms with E-state index in [1.165, 1.54) is 19.5 Å². The van der Waals surface area contributed by atoms with Crippen molar-refractivity contribution in [1.29, 1.82) is 0 Å².